The minimum atomic E-state index is -1.14. The SMILES string of the molecule is CC1=C(C(=O)O)C(OCSc2ccccc2)C(C(=O)O)=C(C)C1. The van der Waals surface area contributed by atoms with Crippen LogP contribution in [0.15, 0.2) is 57.5 Å². The lowest BCUT2D eigenvalue weighted by Gasteiger charge is -2.27. The number of carboxylic acids is 2. The Hall–Kier alpha value is -2.05. The second-order valence-electron chi connectivity index (χ2n) is 5.30. The summed E-state index contributed by atoms with van der Waals surface area (Å²) in [5, 5.41) is 18.8. The predicted octanol–water partition coefficient (Wildman–Crippen LogP) is 3.33. The number of hydrogen-bond acceptors (Lipinski definition) is 4. The molecular weight excluding hydrogens is 316 g/mol. The molecule has 0 heterocycles. The van der Waals surface area contributed by atoms with Gasteiger partial charge in [-0.1, -0.05) is 41.1 Å². The Morgan fingerprint density at radius 3 is 2.09 bits per heavy atom. The molecule has 1 aromatic rings. The van der Waals surface area contributed by atoms with Crippen molar-refractivity contribution < 1.29 is 24.5 Å². The molecule has 0 fully saturated rings. The summed E-state index contributed by atoms with van der Waals surface area (Å²) in [6.07, 6.45) is -0.704. The summed E-state index contributed by atoms with van der Waals surface area (Å²) >= 11 is 1.39. The van der Waals surface area contributed by atoms with Crippen molar-refractivity contribution in [1.29, 1.82) is 0 Å². The minimum absolute atomic E-state index is 0.0293. The molecule has 2 N–H and O–H groups in total. The summed E-state index contributed by atoms with van der Waals surface area (Å²) < 4.78 is 5.66. The maximum Gasteiger partial charge on any atom is 0.334 e. The number of aliphatic carboxylic acids is 2. The first kappa shape index (κ1) is 17.3. The molecule has 0 aliphatic heterocycles. The fraction of sp³-hybridized carbons (Fsp3) is 0.294. The third kappa shape index (κ3) is 4.03. The van der Waals surface area contributed by atoms with Gasteiger partial charge in [0.25, 0.3) is 0 Å². The molecule has 1 aliphatic rings. The number of rotatable bonds is 6. The van der Waals surface area contributed by atoms with Crippen molar-refractivity contribution in [2.24, 2.45) is 0 Å². The average Bonchev–Trinajstić information content (AvgIpc) is 2.47. The predicted molar refractivity (Wildman–Crippen MR) is 87.3 cm³/mol. The van der Waals surface area contributed by atoms with E-state index in [1.807, 2.05) is 30.3 Å². The van der Waals surface area contributed by atoms with Gasteiger partial charge < -0.3 is 14.9 Å². The van der Waals surface area contributed by atoms with E-state index in [0.29, 0.717) is 17.6 Å². The molecular formula is C17H18O5S. The summed E-state index contributed by atoms with van der Waals surface area (Å²) in [6.45, 7) is 3.40. The first-order chi connectivity index (χ1) is 10.9. The van der Waals surface area contributed by atoms with Gasteiger partial charge in [0.2, 0.25) is 0 Å². The highest BCUT2D eigenvalue weighted by molar-refractivity contribution is 7.99. The van der Waals surface area contributed by atoms with Crippen LogP contribution in [0.25, 0.3) is 0 Å². The number of allylic oxidation sites excluding steroid dienone is 2. The number of ether oxygens (including phenoxy) is 1. The number of hydrogen-bond donors (Lipinski definition) is 2. The van der Waals surface area contributed by atoms with E-state index in [2.05, 4.69) is 0 Å². The van der Waals surface area contributed by atoms with Crippen molar-refractivity contribution in [3.05, 3.63) is 52.6 Å². The molecule has 0 amide bonds. The van der Waals surface area contributed by atoms with Crippen molar-refractivity contribution in [3.8, 4) is 0 Å². The maximum absolute atomic E-state index is 11.5. The van der Waals surface area contributed by atoms with Gasteiger partial charge in [0.05, 0.1) is 17.1 Å². The maximum atomic E-state index is 11.5. The lowest BCUT2D eigenvalue weighted by molar-refractivity contribution is -0.135. The first-order valence-electron chi connectivity index (χ1n) is 7.07. The van der Waals surface area contributed by atoms with Gasteiger partial charge in [0.1, 0.15) is 6.10 Å². The molecule has 0 radical (unpaired) electrons. The molecule has 0 unspecified atom stereocenters. The number of carbonyl (C=O) groups is 2. The van der Waals surface area contributed by atoms with Crippen molar-refractivity contribution in [1.82, 2.24) is 0 Å². The Morgan fingerprint density at radius 2 is 1.61 bits per heavy atom. The summed E-state index contributed by atoms with van der Waals surface area (Å²) in [6, 6.07) is 9.50. The second-order valence-corrected chi connectivity index (χ2v) is 6.29. The van der Waals surface area contributed by atoms with Crippen molar-refractivity contribution in [2.75, 3.05) is 5.94 Å². The van der Waals surface area contributed by atoms with Gasteiger partial charge in [0, 0.05) is 4.90 Å². The van der Waals surface area contributed by atoms with Gasteiger partial charge in [-0.3, -0.25) is 0 Å². The zero-order valence-corrected chi connectivity index (χ0v) is 13.7. The van der Waals surface area contributed by atoms with Crippen LogP contribution in [0, 0.1) is 0 Å². The molecule has 2 rings (SSSR count). The molecule has 0 aromatic heterocycles. The highest BCUT2D eigenvalue weighted by Gasteiger charge is 2.35. The van der Waals surface area contributed by atoms with Gasteiger partial charge in [-0.05, 0) is 32.4 Å². The number of thioether (sulfide) groups is 1. The molecule has 0 saturated carbocycles. The zero-order chi connectivity index (χ0) is 17.0. The van der Waals surface area contributed by atoms with E-state index in [1.54, 1.807) is 13.8 Å². The third-order valence-corrected chi connectivity index (χ3v) is 4.50. The lowest BCUT2D eigenvalue weighted by Crippen LogP contribution is -2.32. The number of carboxylic acid groups (broad SMARTS) is 2. The Morgan fingerprint density at radius 1 is 1.09 bits per heavy atom. The quantitative estimate of drug-likeness (QED) is 0.613. The van der Waals surface area contributed by atoms with Crippen LogP contribution < -0.4 is 0 Å². The third-order valence-electron chi connectivity index (χ3n) is 3.64. The van der Waals surface area contributed by atoms with E-state index in [4.69, 9.17) is 4.74 Å². The standard InChI is InChI=1S/C17H18O5S/c1-10-8-11(2)14(17(20)21)15(13(10)16(18)19)22-9-23-12-6-4-3-5-7-12/h3-7,15H,8-9H2,1-2H3,(H,18,19)(H,20,21). The highest BCUT2D eigenvalue weighted by Crippen LogP contribution is 2.33. The zero-order valence-electron chi connectivity index (χ0n) is 12.9. The van der Waals surface area contributed by atoms with Crippen LogP contribution in [-0.2, 0) is 14.3 Å². The van der Waals surface area contributed by atoms with Crippen molar-refractivity contribution in [3.63, 3.8) is 0 Å². The first-order valence-corrected chi connectivity index (χ1v) is 8.05. The van der Waals surface area contributed by atoms with Crippen molar-refractivity contribution in [2.45, 2.75) is 31.3 Å². The monoisotopic (exact) mass is 334 g/mol. The van der Waals surface area contributed by atoms with E-state index < -0.39 is 18.0 Å². The largest absolute Gasteiger partial charge is 0.478 e. The van der Waals surface area contributed by atoms with E-state index in [9.17, 15) is 19.8 Å². The van der Waals surface area contributed by atoms with Crippen LogP contribution in [0.3, 0.4) is 0 Å². The van der Waals surface area contributed by atoms with E-state index in [1.165, 1.54) is 11.8 Å². The molecule has 6 heteroatoms. The van der Waals surface area contributed by atoms with E-state index in [-0.39, 0.29) is 17.1 Å². The van der Waals surface area contributed by atoms with Crippen LogP contribution in [0.5, 0.6) is 0 Å². The van der Waals surface area contributed by atoms with Gasteiger partial charge >= 0.3 is 11.9 Å². The average molecular weight is 334 g/mol. The summed E-state index contributed by atoms with van der Waals surface area (Å²) in [5.41, 5.74) is 1.33. The molecule has 0 spiro atoms. The molecule has 23 heavy (non-hydrogen) atoms. The normalized spacial score (nSPS) is 15.9. The Kier molecular flexibility index (Phi) is 5.63. The Bertz CT molecular complexity index is 639. The minimum Gasteiger partial charge on any atom is -0.478 e. The van der Waals surface area contributed by atoms with E-state index >= 15 is 0 Å². The van der Waals surface area contributed by atoms with Crippen LogP contribution in [0.2, 0.25) is 0 Å². The number of benzene rings is 1. The molecule has 5 nitrogen and oxygen atoms in total. The summed E-state index contributed by atoms with van der Waals surface area (Å²) in [7, 11) is 0. The molecule has 1 aromatic carbocycles. The van der Waals surface area contributed by atoms with Crippen LogP contribution in [0.4, 0.5) is 0 Å². The molecule has 0 saturated heterocycles. The highest BCUT2D eigenvalue weighted by atomic mass is 32.2. The molecule has 0 bridgehead atoms. The van der Waals surface area contributed by atoms with Crippen LogP contribution in [0.1, 0.15) is 20.3 Å². The Balaban J connectivity index is 2.20. The summed E-state index contributed by atoms with van der Waals surface area (Å²) in [5.74, 6) is -2.10. The summed E-state index contributed by atoms with van der Waals surface area (Å²) in [4.78, 5) is 24.0. The molecule has 0 atom stereocenters. The van der Waals surface area contributed by atoms with Gasteiger partial charge in [-0.25, -0.2) is 9.59 Å². The fourth-order valence-corrected chi connectivity index (χ4v) is 3.31. The molecule has 1 aliphatic carbocycles. The fourth-order valence-electron chi connectivity index (χ4n) is 2.62. The van der Waals surface area contributed by atoms with Crippen LogP contribution in [-0.4, -0.2) is 34.2 Å². The topological polar surface area (TPSA) is 83.8 Å². The Labute approximate surface area is 138 Å². The lowest BCUT2D eigenvalue weighted by atomic mass is 9.85. The van der Waals surface area contributed by atoms with Gasteiger partial charge in [0.15, 0.2) is 0 Å². The van der Waals surface area contributed by atoms with Crippen LogP contribution >= 0.6 is 11.8 Å². The second kappa shape index (κ2) is 7.48. The smallest absolute Gasteiger partial charge is 0.334 e. The van der Waals surface area contributed by atoms with E-state index in [0.717, 1.165) is 4.90 Å². The van der Waals surface area contributed by atoms with Gasteiger partial charge in [-0.15, -0.1) is 0 Å². The van der Waals surface area contributed by atoms with Gasteiger partial charge in [-0.2, -0.15) is 0 Å². The van der Waals surface area contributed by atoms with Crippen molar-refractivity contribution >= 4 is 23.7 Å². The molecule has 122 valence electrons.